The largest absolute Gasteiger partial charge is 0.385 e. The second-order valence-corrected chi connectivity index (χ2v) is 2.51. The van der Waals surface area contributed by atoms with Gasteiger partial charge in [-0.1, -0.05) is 0 Å². The lowest BCUT2D eigenvalue weighted by Gasteiger charge is -1.95. The molecule has 3 heteroatoms. The summed E-state index contributed by atoms with van der Waals surface area (Å²) in [6, 6.07) is 0. The van der Waals surface area contributed by atoms with Crippen molar-refractivity contribution in [1.82, 2.24) is 9.97 Å². The van der Waals surface area contributed by atoms with Gasteiger partial charge in [0, 0.05) is 19.4 Å². The van der Waals surface area contributed by atoms with E-state index in [9.17, 15) is 0 Å². The molecule has 1 heterocycles. The van der Waals surface area contributed by atoms with Crippen molar-refractivity contribution in [1.29, 1.82) is 0 Å². The summed E-state index contributed by atoms with van der Waals surface area (Å²) in [5, 5.41) is 0. The molecule has 0 bridgehead atoms. The van der Waals surface area contributed by atoms with Crippen LogP contribution in [0.25, 0.3) is 0 Å². The van der Waals surface area contributed by atoms with Gasteiger partial charge in [-0.05, 0) is 19.8 Å². The number of aromatic nitrogens is 2. The van der Waals surface area contributed by atoms with Crippen molar-refractivity contribution in [2.75, 3.05) is 13.7 Å². The quantitative estimate of drug-likeness (QED) is 0.658. The van der Waals surface area contributed by atoms with E-state index in [0.29, 0.717) is 0 Å². The third kappa shape index (κ3) is 2.72. The Hall–Kier alpha value is -0.830. The van der Waals surface area contributed by atoms with E-state index in [0.717, 1.165) is 31.0 Å². The summed E-state index contributed by atoms with van der Waals surface area (Å²) in [6.07, 6.45) is 4.89. The van der Waals surface area contributed by atoms with E-state index >= 15 is 0 Å². The second kappa shape index (κ2) is 4.13. The number of methoxy groups -OCH3 is 1. The van der Waals surface area contributed by atoms with Crippen molar-refractivity contribution in [3.63, 3.8) is 0 Å². The van der Waals surface area contributed by atoms with Gasteiger partial charge in [-0.25, -0.2) is 4.98 Å². The van der Waals surface area contributed by atoms with E-state index < -0.39 is 0 Å². The molecule has 61 valence electrons. The molecule has 0 saturated heterocycles. The van der Waals surface area contributed by atoms with Crippen LogP contribution < -0.4 is 0 Å². The van der Waals surface area contributed by atoms with Crippen molar-refractivity contribution in [3.05, 3.63) is 17.7 Å². The maximum Gasteiger partial charge on any atom is 0.112 e. The van der Waals surface area contributed by atoms with Crippen LogP contribution in [-0.4, -0.2) is 23.7 Å². The zero-order valence-corrected chi connectivity index (χ0v) is 6.98. The predicted octanol–water partition coefficient (Wildman–Crippen LogP) is 1.10. The Morgan fingerprint density at radius 1 is 1.64 bits per heavy atom. The minimum atomic E-state index is 0.798. The Morgan fingerprint density at radius 2 is 2.45 bits per heavy atom. The molecule has 11 heavy (non-hydrogen) atoms. The Labute approximate surface area is 66.8 Å². The Morgan fingerprint density at radius 3 is 3.00 bits per heavy atom. The number of aromatic amines is 1. The normalized spacial score (nSPS) is 10.4. The highest BCUT2D eigenvalue weighted by atomic mass is 16.5. The maximum absolute atomic E-state index is 4.92. The Kier molecular flexibility index (Phi) is 3.11. The van der Waals surface area contributed by atoms with E-state index in [4.69, 9.17) is 4.74 Å². The Balaban J connectivity index is 2.27. The number of H-pyrrole nitrogens is 1. The molecule has 1 rings (SSSR count). The standard InChI is InChI=1S/C8H13N2O/c1-7-9-6-8(10-7)4-3-5-11-2/h3-5H2,1-2H3,(H,9,10). The fourth-order valence-corrected chi connectivity index (χ4v) is 0.937. The van der Waals surface area contributed by atoms with Gasteiger partial charge in [0.25, 0.3) is 0 Å². The molecule has 1 aromatic heterocycles. The number of aryl methyl sites for hydroxylation is 2. The van der Waals surface area contributed by atoms with Crippen LogP contribution in [0.3, 0.4) is 0 Å². The molecule has 1 aromatic rings. The van der Waals surface area contributed by atoms with Crippen molar-refractivity contribution in [2.45, 2.75) is 19.8 Å². The topological polar surface area (TPSA) is 37.9 Å². The molecule has 0 aliphatic heterocycles. The lowest BCUT2D eigenvalue weighted by Crippen LogP contribution is -1.92. The van der Waals surface area contributed by atoms with Gasteiger partial charge in [0.1, 0.15) is 12.0 Å². The van der Waals surface area contributed by atoms with E-state index in [-0.39, 0.29) is 0 Å². The minimum absolute atomic E-state index is 0.798. The molecule has 0 aromatic carbocycles. The molecule has 3 nitrogen and oxygen atoms in total. The predicted molar refractivity (Wildman–Crippen MR) is 42.4 cm³/mol. The first-order valence-electron chi connectivity index (χ1n) is 3.75. The molecule has 0 aliphatic rings. The molecule has 0 unspecified atom stereocenters. The van der Waals surface area contributed by atoms with E-state index in [1.165, 1.54) is 0 Å². The summed E-state index contributed by atoms with van der Waals surface area (Å²) in [6.45, 7) is 2.72. The van der Waals surface area contributed by atoms with E-state index in [2.05, 4.69) is 16.2 Å². The monoisotopic (exact) mass is 153 g/mol. The summed E-state index contributed by atoms with van der Waals surface area (Å²) in [7, 11) is 1.71. The molecule has 0 saturated carbocycles. The average Bonchev–Trinajstić information content (AvgIpc) is 2.37. The van der Waals surface area contributed by atoms with Gasteiger partial charge < -0.3 is 9.72 Å². The first-order chi connectivity index (χ1) is 5.33. The molecule has 0 amide bonds. The number of nitrogens with one attached hydrogen (secondary N) is 1. The summed E-state index contributed by atoms with van der Waals surface area (Å²) in [4.78, 5) is 7.09. The fraction of sp³-hybridized carbons (Fsp3) is 0.625. The summed E-state index contributed by atoms with van der Waals surface area (Å²) in [5.41, 5.74) is 1.07. The van der Waals surface area contributed by atoms with Gasteiger partial charge in [-0.15, -0.1) is 0 Å². The first kappa shape index (κ1) is 8.27. The zero-order chi connectivity index (χ0) is 8.10. The van der Waals surface area contributed by atoms with Gasteiger partial charge in [-0.2, -0.15) is 0 Å². The van der Waals surface area contributed by atoms with Crippen LogP contribution in [0, 0.1) is 13.1 Å². The van der Waals surface area contributed by atoms with Gasteiger partial charge >= 0.3 is 0 Å². The molecule has 0 atom stereocenters. The van der Waals surface area contributed by atoms with Crippen molar-refractivity contribution >= 4 is 0 Å². The number of nitrogens with zero attached hydrogens (tertiary/aromatic N) is 1. The van der Waals surface area contributed by atoms with Crippen molar-refractivity contribution in [2.24, 2.45) is 0 Å². The molecule has 0 spiro atoms. The number of hydrogen-bond donors (Lipinski definition) is 1. The van der Waals surface area contributed by atoms with E-state index in [1.807, 2.05) is 6.92 Å². The molecule has 0 aliphatic carbocycles. The van der Waals surface area contributed by atoms with E-state index in [1.54, 1.807) is 7.11 Å². The smallest absolute Gasteiger partial charge is 0.112 e. The highest BCUT2D eigenvalue weighted by molar-refractivity contribution is 4.97. The van der Waals surface area contributed by atoms with Gasteiger partial charge in [0.05, 0.1) is 0 Å². The summed E-state index contributed by atoms with van der Waals surface area (Å²) in [5.74, 6) is 0.928. The first-order valence-corrected chi connectivity index (χ1v) is 3.75. The average molecular weight is 153 g/mol. The fourth-order valence-electron chi connectivity index (χ4n) is 0.937. The number of hydrogen-bond acceptors (Lipinski definition) is 2. The number of imidazole rings is 1. The van der Waals surface area contributed by atoms with Crippen molar-refractivity contribution in [3.8, 4) is 0 Å². The molecule has 0 fully saturated rings. The lowest BCUT2D eigenvalue weighted by molar-refractivity contribution is 0.195. The van der Waals surface area contributed by atoms with Gasteiger partial charge in [0.2, 0.25) is 0 Å². The Bertz CT molecular complexity index is 208. The summed E-state index contributed by atoms with van der Waals surface area (Å²) < 4.78 is 4.92. The highest BCUT2D eigenvalue weighted by Gasteiger charge is 1.95. The molecule has 1 radical (unpaired) electrons. The van der Waals surface area contributed by atoms with Crippen LogP contribution >= 0.6 is 0 Å². The third-order valence-electron chi connectivity index (χ3n) is 1.47. The maximum atomic E-state index is 4.92. The molecular weight excluding hydrogens is 140 g/mol. The number of ether oxygens (including phenoxy) is 1. The van der Waals surface area contributed by atoms with Crippen LogP contribution in [0.5, 0.6) is 0 Å². The van der Waals surface area contributed by atoms with Crippen LogP contribution in [0.15, 0.2) is 0 Å². The molecular formula is C8H13N2O. The van der Waals surface area contributed by atoms with Crippen LogP contribution in [0.4, 0.5) is 0 Å². The SMILES string of the molecule is COCCCc1[c]nc(C)[nH]1. The van der Waals surface area contributed by atoms with Crippen LogP contribution in [0.1, 0.15) is 17.9 Å². The zero-order valence-electron chi connectivity index (χ0n) is 6.98. The third-order valence-corrected chi connectivity index (χ3v) is 1.47. The minimum Gasteiger partial charge on any atom is -0.385 e. The lowest BCUT2D eigenvalue weighted by atomic mass is 10.3. The molecule has 1 N–H and O–H groups in total. The van der Waals surface area contributed by atoms with Crippen molar-refractivity contribution < 1.29 is 4.74 Å². The second-order valence-electron chi connectivity index (χ2n) is 2.51. The summed E-state index contributed by atoms with van der Waals surface area (Å²) >= 11 is 0. The van der Waals surface area contributed by atoms with Gasteiger partial charge in [-0.3, -0.25) is 0 Å². The van der Waals surface area contributed by atoms with Crippen LogP contribution in [0.2, 0.25) is 0 Å². The number of rotatable bonds is 4. The van der Waals surface area contributed by atoms with Crippen LogP contribution in [-0.2, 0) is 11.2 Å². The van der Waals surface area contributed by atoms with Gasteiger partial charge in [0.15, 0.2) is 0 Å². The highest BCUT2D eigenvalue weighted by Crippen LogP contribution is 1.98.